The summed E-state index contributed by atoms with van der Waals surface area (Å²) >= 11 is 1.45. The topological polar surface area (TPSA) is 70.7 Å². The molecular formula is C18H21N3O3S. The number of nitrogens with zero attached hydrogens (tertiary/aromatic N) is 1. The number of carbonyl (C=O) groups is 2. The summed E-state index contributed by atoms with van der Waals surface area (Å²) in [7, 11) is 1.55. The summed E-state index contributed by atoms with van der Waals surface area (Å²) < 4.78 is 5.44. The van der Waals surface area contributed by atoms with Gasteiger partial charge in [-0.3, -0.25) is 9.59 Å². The first-order valence-electron chi connectivity index (χ1n) is 8.20. The number of hydrogen-bond donors (Lipinski definition) is 2. The molecule has 2 heterocycles. The molecule has 1 aliphatic rings. The van der Waals surface area contributed by atoms with Gasteiger partial charge < -0.3 is 20.3 Å². The van der Waals surface area contributed by atoms with Crippen LogP contribution in [0, 0.1) is 0 Å². The van der Waals surface area contributed by atoms with E-state index in [2.05, 4.69) is 15.5 Å². The molecule has 0 saturated carbocycles. The summed E-state index contributed by atoms with van der Waals surface area (Å²) in [5, 5.41) is 6.22. The minimum absolute atomic E-state index is 0.0270. The number of rotatable bonds is 5. The molecular weight excluding hydrogens is 338 g/mol. The average Bonchev–Trinajstić information content (AvgIpc) is 3.12. The minimum atomic E-state index is -0.231. The number of ether oxygens (including phenoxy) is 1. The van der Waals surface area contributed by atoms with Crippen molar-refractivity contribution in [1.82, 2.24) is 10.6 Å². The van der Waals surface area contributed by atoms with Gasteiger partial charge in [-0.15, -0.1) is 11.3 Å². The van der Waals surface area contributed by atoms with Crippen LogP contribution in [0.25, 0.3) is 11.1 Å². The van der Waals surface area contributed by atoms with Gasteiger partial charge in [0.05, 0.1) is 29.6 Å². The third-order valence-electron chi connectivity index (χ3n) is 4.01. The van der Waals surface area contributed by atoms with E-state index in [1.807, 2.05) is 36.4 Å². The SMILES string of the molecule is CNC(=O)CNC(=O)c1cc(-c2ccccc2)c(N2CCOCC2)s1. The molecule has 2 amide bonds. The van der Waals surface area contributed by atoms with Gasteiger partial charge in [-0.2, -0.15) is 0 Å². The molecule has 3 rings (SSSR count). The number of likely N-dealkylation sites (N-methyl/N-ethyl adjacent to an activating group) is 1. The van der Waals surface area contributed by atoms with Crippen LogP contribution in [0.5, 0.6) is 0 Å². The number of hydrogen-bond acceptors (Lipinski definition) is 5. The highest BCUT2D eigenvalue weighted by molar-refractivity contribution is 7.18. The van der Waals surface area contributed by atoms with Crippen LogP contribution in [0.2, 0.25) is 0 Å². The molecule has 25 heavy (non-hydrogen) atoms. The van der Waals surface area contributed by atoms with Gasteiger partial charge in [-0.05, 0) is 11.6 Å². The second-order valence-corrected chi connectivity index (χ2v) is 6.68. The van der Waals surface area contributed by atoms with E-state index < -0.39 is 0 Å². The predicted molar refractivity (Wildman–Crippen MR) is 99.2 cm³/mol. The number of morpholine rings is 1. The molecule has 0 unspecified atom stereocenters. The normalized spacial score (nSPS) is 14.2. The van der Waals surface area contributed by atoms with Crippen molar-refractivity contribution in [3.8, 4) is 11.1 Å². The Hall–Kier alpha value is -2.38. The minimum Gasteiger partial charge on any atom is -0.378 e. The first-order valence-corrected chi connectivity index (χ1v) is 9.01. The van der Waals surface area contributed by atoms with E-state index in [1.54, 1.807) is 7.05 Å². The van der Waals surface area contributed by atoms with Crippen molar-refractivity contribution in [2.24, 2.45) is 0 Å². The van der Waals surface area contributed by atoms with Gasteiger partial charge in [-0.25, -0.2) is 0 Å². The van der Waals surface area contributed by atoms with Crippen LogP contribution in [0.4, 0.5) is 5.00 Å². The highest BCUT2D eigenvalue weighted by Gasteiger charge is 2.22. The molecule has 1 aliphatic heterocycles. The van der Waals surface area contributed by atoms with E-state index in [1.165, 1.54) is 11.3 Å². The Labute approximate surface area is 150 Å². The van der Waals surface area contributed by atoms with Crippen LogP contribution >= 0.6 is 11.3 Å². The smallest absolute Gasteiger partial charge is 0.261 e. The fraction of sp³-hybridized carbons (Fsp3) is 0.333. The van der Waals surface area contributed by atoms with Crippen LogP contribution in [0.15, 0.2) is 36.4 Å². The second kappa shape index (κ2) is 8.13. The van der Waals surface area contributed by atoms with Crippen LogP contribution in [-0.4, -0.2) is 51.7 Å². The van der Waals surface area contributed by atoms with Gasteiger partial charge in [0.25, 0.3) is 5.91 Å². The second-order valence-electron chi connectivity index (χ2n) is 5.65. The van der Waals surface area contributed by atoms with Crippen LogP contribution in [0.1, 0.15) is 9.67 Å². The summed E-state index contributed by atoms with van der Waals surface area (Å²) in [6.45, 7) is 2.95. The lowest BCUT2D eigenvalue weighted by molar-refractivity contribution is -0.119. The van der Waals surface area contributed by atoms with E-state index in [0.29, 0.717) is 18.1 Å². The zero-order valence-electron chi connectivity index (χ0n) is 14.1. The number of carbonyl (C=O) groups excluding carboxylic acids is 2. The molecule has 7 heteroatoms. The average molecular weight is 359 g/mol. The Morgan fingerprint density at radius 3 is 2.60 bits per heavy atom. The fourth-order valence-electron chi connectivity index (χ4n) is 2.66. The van der Waals surface area contributed by atoms with Gasteiger partial charge in [-0.1, -0.05) is 30.3 Å². The lowest BCUT2D eigenvalue weighted by Crippen LogP contribution is -2.36. The maximum atomic E-state index is 12.4. The maximum absolute atomic E-state index is 12.4. The van der Waals surface area contributed by atoms with E-state index in [9.17, 15) is 9.59 Å². The van der Waals surface area contributed by atoms with Gasteiger partial charge in [0.15, 0.2) is 0 Å². The molecule has 0 bridgehead atoms. The number of thiophene rings is 1. The molecule has 132 valence electrons. The highest BCUT2D eigenvalue weighted by atomic mass is 32.1. The standard InChI is InChI=1S/C18H21N3O3S/c1-19-16(22)12-20-17(23)15-11-14(13-5-3-2-4-6-13)18(25-15)21-7-9-24-10-8-21/h2-6,11H,7-10,12H2,1H3,(H,19,22)(H,20,23). The molecule has 1 fully saturated rings. The Bertz CT molecular complexity index is 739. The first-order chi connectivity index (χ1) is 12.2. The zero-order valence-corrected chi connectivity index (χ0v) is 14.9. The van der Waals surface area contributed by atoms with E-state index in [0.717, 1.165) is 29.2 Å². The molecule has 1 saturated heterocycles. The van der Waals surface area contributed by atoms with E-state index in [4.69, 9.17) is 4.74 Å². The largest absolute Gasteiger partial charge is 0.378 e. The van der Waals surface area contributed by atoms with Crippen LogP contribution < -0.4 is 15.5 Å². The van der Waals surface area contributed by atoms with E-state index in [-0.39, 0.29) is 18.4 Å². The monoisotopic (exact) mass is 359 g/mol. The maximum Gasteiger partial charge on any atom is 0.261 e. The van der Waals surface area contributed by atoms with Crippen molar-refractivity contribution in [1.29, 1.82) is 0 Å². The Morgan fingerprint density at radius 1 is 1.20 bits per heavy atom. The third-order valence-corrected chi connectivity index (χ3v) is 5.20. The zero-order chi connectivity index (χ0) is 17.6. The van der Waals surface area contributed by atoms with Crippen molar-refractivity contribution in [3.63, 3.8) is 0 Å². The van der Waals surface area contributed by atoms with Crippen molar-refractivity contribution in [2.75, 3.05) is 44.8 Å². The van der Waals surface area contributed by atoms with Crippen molar-refractivity contribution >= 4 is 28.2 Å². The van der Waals surface area contributed by atoms with Gasteiger partial charge in [0.1, 0.15) is 0 Å². The number of amides is 2. The Balaban J connectivity index is 1.88. The predicted octanol–water partition coefficient (Wildman–Crippen LogP) is 1.73. The number of nitrogens with one attached hydrogen (secondary N) is 2. The molecule has 2 N–H and O–H groups in total. The third kappa shape index (κ3) is 4.18. The molecule has 0 radical (unpaired) electrons. The lowest BCUT2D eigenvalue weighted by Gasteiger charge is -2.28. The van der Waals surface area contributed by atoms with Crippen LogP contribution in [0.3, 0.4) is 0 Å². The lowest BCUT2D eigenvalue weighted by atomic mass is 10.1. The van der Waals surface area contributed by atoms with Gasteiger partial charge in [0, 0.05) is 25.7 Å². The molecule has 6 nitrogen and oxygen atoms in total. The quantitative estimate of drug-likeness (QED) is 0.853. The molecule has 1 aromatic heterocycles. The van der Waals surface area contributed by atoms with Crippen molar-refractivity contribution in [3.05, 3.63) is 41.3 Å². The summed E-state index contributed by atoms with van der Waals surface area (Å²) in [4.78, 5) is 26.6. The molecule has 0 spiro atoms. The number of anilines is 1. The molecule has 2 aromatic rings. The Morgan fingerprint density at radius 2 is 1.92 bits per heavy atom. The molecule has 1 aromatic carbocycles. The Kier molecular flexibility index (Phi) is 5.67. The summed E-state index contributed by atoms with van der Waals surface area (Å²) in [6, 6.07) is 11.9. The molecule has 0 atom stereocenters. The highest BCUT2D eigenvalue weighted by Crippen LogP contribution is 2.39. The van der Waals surface area contributed by atoms with Gasteiger partial charge >= 0.3 is 0 Å². The fourth-order valence-corrected chi connectivity index (χ4v) is 3.80. The van der Waals surface area contributed by atoms with E-state index >= 15 is 0 Å². The summed E-state index contributed by atoms with van der Waals surface area (Å²) in [6.07, 6.45) is 0. The summed E-state index contributed by atoms with van der Waals surface area (Å²) in [5.74, 6) is -0.452. The van der Waals surface area contributed by atoms with Crippen molar-refractivity contribution in [2.45, 2.75) is 0 Å². The van der Waals surface area contributed by atoms with Gasteiger partial charge in [0.2, 0.25) is 5.91 Å². The number of benzene rings is 1. The molecule has 0 aliphatic carbocycles. The van der Waals surface area contributed by atoms with Crippen molar-refractivity contribution < 1.29 is 14.3 Å². The summed E-state index contributed by atoms with van der Waals surface area (Å²) in [5.41, 5.74) is 2.11. The first kappa shape index (κ1) is 17.4. The van der Waals surface area contributed by atoms with Crippen LogP contribution in [-0.2, 0) is 9.53 Å².